The summed E-state index contributed by atoms with van der Waals surface area (Å²) in [4.78, 5) is 16.4. The highest BCUT2D eigenvalue weighted by Crippen LogP contribution is 2.22. The van der Waals surface area contributed by atoms with E-state index in [1.807, 2.05) is 30.3 Å². The van der Waals surface area contributed by atoms with E-state index in [2.05, 4.69) is 15.4 Å². The summed E-state index contributed by atoms with van der Waals surface area (Å²) < 4.78 is 15.5. The fraction of sp³-hybridized carbons (Fsp3) is 0.118. The molecule has 7 heteroatoms. The average molecular weight is 345 g/mol. The number of carbonyl (C=O) groups is 1. The van der Waals surface area contributed by atoms with E-state index < -0.39 is 11.7 Å². The lowest BCUT2D eigenvalue weighted by Gasteiger charge is -2.05. The molecule has 3 rings (SSSR count). The smallest absolute Gasteiger partial charge is 0.295 e. The van der Waals surface area contributed by atoms with Crippen LogP contribution in [-0.2, 0) is 6.54 Å². The number of benzene rings is 2. The van der Waals surface area contributed by atoms with E-state index in [-0.39, 0.29) is 16.5 Å². The molecule has 1 aromatic heterocycles. The van der Waals surface area contributed by atoms with Crippen molar-refractivity contribution in [3.63, 3.8) is 0 Å². The van der Waals surface area contributed by atoms with Crippen molar-refractivity contribution >= 4 is 23.2 Å². The first-order valence-electron chi connectivity index (χ1n) is 7.25. The first kappa shape index (κ1) is 16.1. The number of anilines is 1. The molecule has 0 unspecified atom stereocenters. The van der Waals surface area contributed by atoms with Crippen molar-refractivity contribution in [2.45, 2.75) is 13.5 Å². The Hall–Kier alpha value is -2.73. The van der Waals surface area contributed by atoms with Gasteiger partial charge in [0.25, 0.3) is 5.91 Å². The van der Waals surface area contributed by atoms with Crippen LogP contribution in [0.2, 0.25) is 5.02 Å². The molecule has 24 heavy (non-hydrogen) atoms. The van der Waals surface area contributed by atoms with Crippen LogP contribution in [0.25, 0.3) is 0 Å². The van der Waals surface area contributed by atoms with Crippen LogP contribution >= 0.6 is 11.6 Å². The molecule has 0 radical (unpaired) electrons. The summed E-state index contributed by atoms with van der Waals surface area (Å²) in [6.45, 7) is 2.26. The zero-order chi connectivity index (χ0) is 17.1. The van der Waals surface area contributed by atoms with E-state index in [0.717, 1.165) is 5.56 Å². The van der Waals surface area contributed by atoms with Gasteiger partial charge in [0.05, 0.1) is 17.3 Å². The van der Waals surface area contributed by atoms with E-state index in [9.17, 15) is 9.18 Å². The predicted molar refractivity (Wildman–Crippen MR) is 89.7 cm³/mol. The number of hydrogen-bond acceptors (Lipinski definition) is 3. The minimum Gasteiger partial charge on any atom is -0.317 e. The Balaban J connectivity index is 1.79. The number of halogens is 2. The number of aryl methyl sites for hydroxylation is 1. The summed E-state index contributed by atoms with van der Waals surface area (Å²) in [7, 11) is 0. The highest BCUT2D eigenvalue weighted by atomic mass is 35.5. The Morgan fingerprint density at radius 1 is 1.21 bits per heavy atom. The summed E-state index contributed by atoms with van der Waals surface area (Å²) in [6.07, 6.45) is 0. The van der Waals surface area contributed by atoms with E-state index in [1.54, 1.807) is 17.7 Å². The van der Waals surface area contributed by atoms with Gasteiger partial charge in [0.1, 0.15) is 5.82 Å². The minimum absolute atomic E-state index is 0.00966. The van der Waals surface area contributed by atoms with E-state index >= 15 is 0 Å². The normalized spacial score (nSPS) is 10.6. The molecule has 0 spiro atoms. The van der Waals surface area contributed by atoms with Crippen LogP contribution in [-0.4, -0.2) is 20.7 Å². The maximum atomic E-state index is 13.9. The number of nitrogens with zero attached hydrogens (tertiary/aromatic N) is 3. The van der Waals surface area contributed by atoms with Crippen molar-refractivity contribution in [3.8, 4) is 0 Å². The second-order valence-electron chi connectivity index (χ2n) is 5.18. The average Bonchev–Trinajstić information content (AvgIpc) is 2.94. The van der Waals surface area contributed by atoms with Crippen molar-refractivity contribution in [1.82, 2.24) is 14.8 Å². The van der Waals surface area contributed by atoms with Gasteiger partial charge in [-0.1, -0.05) is 48.0 Å². The fourth-order valence-electron chi connectivity index (χ4n) is 2.20. The third-order valence-electron chi connectivity index (χ3n) is 3.43. The summed E-state index contributed by atoms with van der Waals surface area (Å²) in [5.74, 6) is -0.711. The lowest BCUT2D eigenvalue weighted by atomic mass is 10.2. The first-order chi connectivity index (χ1) is 11.5. The Labute approximate surface area is 143 Å². The molecule has 1 amide bonds. The number of rotatable bonds is 4. The van der Waals surface area contributed by atoms with Gasteiger partial charge < -0.3 is 5.32 Å². The molecule has 0 aliphatic heterocycles. The minimum atomic E-state index is -0.687. The first-order valence-corrected chi connectivity index (χ1v) is 7.63. The zero-order valence-electron chi connectivity index (χ0n) is 12.8. The van der Waals surface area contributed by atoms with Crippen LogP contribution in [0.5, 0.6) is 0 Å². The van der Waals surface area contributed by atoms with Crippen molar-refractivity contribution in [1.29, 1.82) is 0 Å². The molecule has 3 aromatic rings. The fourth-order valence-corrected chi connectivity index (χ4v) is 2.38. The van der Waals surface area contributed by atoms with Crippen LogP contribution in [0.15, 0.2) is 48.5 Å². The topological polar surface area (TPSA) is 59.8 Å². The van der Waals surface area contributed by atoms with Crippen molar-refractivity contribution < 1.29 is 9.18 Å². The van der Waals surface area contributed by atoms with Gasteiger partial charge in [0.15, 0.2) is 5.82 Å². The molecule has 0 saturated carbocycles. The molecule has 0 atom stereocenters. The summed E-state index contributed by atoms with van der Waals surface area (Å²) in [5.41, 5.74) is 1.03. The molecular formula is C17H14ClFN4O. The maximum absolute atomic E-state index is 13.9. The lowest BCUT2D eigenvalue weighted by Crippen LogP contribution is -2.15. The molecule has 0 saturated heterocycles. The molecule has 2 aromatic carbocycles. The highest BCUT2D eigenvalue weighted by molar-refractivity contribution is 6.31. The van der Waals surface area contributed by atoms with E-state index in [4.69, 9.17) is 11.6 Å². The van der Waals surface area contributed by atoms with Crippen LogP contribution < -0.4 is 5.32 Å². The Bertz CT molecular complexity index is 880. The van der Waals surface area contributed by atoms with Crippen molar-refractivity contribution in [2.24, 2.45) is 0 Å². The zero-order valence-corrected chi connectivity index (χ0v) is 13.6. The molecule has 0 bridgehead atoms. The largest absolute Gasteiger partial charge is 0.317 e. The van der Waals surface area contributed by atoms with Gasteiger partial charge in [-0.3, -0.25) is 4.79 Å². The third kappa shape index (κ3) is 3.44. The molecule has 0 fully saturated rings. The summed E-state index contributed by atoms with van der Waals surface area (Å²) in [6, 6.07) is 14.1. The molecule has 0 aliphatic carbocycles. The monoisotopic (exact) mass is 344 g/mol. The van der Waals surface area contributed by atoms with E-state index in [1.165, 1.54) is 12.1 Å². The van der Waals surface area contributed by atoms with Crippen LogP contribution in [0.4, 0.5) is 10.1 Å². The van der Waals surface area contributed by atoms with Crippen molar-refractivity contribution in [2.75, 3.05) is 5.32 Å². The van der Waals surface area contributed by atoms with Crippen LogP contribution in [0.3, 0.4) is 0 Å². The van der Waals surface area contributed by atoms with Crippen LogP contribution in [0.1, 0.15) is 22.0 Å². The highest BCUT2D eigenvalue weighted by Gasteiger charge is 2.17. The van der Waals surface area contributed by atoms with Gasteiger partial charge in [0, 0.05) is 0 Å². The predicted octanol–water partition coefficient (Wildman–Crippen LogP) is 3.68. The second-order valence-corrected chi connectivity index (χ2v) is 5.59. The van der Waals surface area contributed by atoms with Gasteiger partial charge in [-0.2, -0.15) is 0 Å². The third-order valence-corrected chi connectivity index (χ3v) is 3.73. The number of carbonyl (C=O) groups excluding carboxylic acids is 1. The molecule has 5 nitrogen and oxygen atoms in total. The Kier molecular flexibility index (Phi) is 4.57. The van der Waals surface area contributed by atoms with E-state index in [0.29, 0.717) is 12.4 Å². The molecule has 1 N–H and O–H groups in total. The number of amides is 1. The van der Waals surface area contributed by atoms with Gasteiger partial charge >= 0.3 is 0 Å². The molecular weight excluding hydrogens is 331 g/mol. The number of nitrogens with one attached hydrogen (secondary N) is 1. The second kappa shape index (κ2) is 6.80. The quantitative estimate of drug-likeness (QED) is 0.785. The van der Waals surface area contributed by atoms with Gasteiger partial charge in [-0.15, -0.1) is 5.10 Å². The lowest BCUT2D eigenvalue weighted by molar-refractivity contribution is 0.101. The molecule has 1 heterocycles. The van der Waals surface area contributed by atoms with Gasteiger partial charge in [-0.25, -0.2) is 14.1 Å². The summed E-state index contributed by atoms with van der Waals surface area (Å²) in [5, 5.41) is 6.56. The maximum Gasteiger partial charge on any atom is 0.295 e. The molecule has 0 aliphatic rings. The Morgan fingerprint density at radius 3 is 2.71 bits per heavy atom. The number of aromatic nitrogens is 3. The summed E-state index contributed by atoms with van der Waals surface area (Å²) >= 11 is 5.70. The molecule has 122 valence electrons. The number of hydrogen-bond donors (Lipinski definition) is 1. The van der Waals surface area contributed by atoms with Crippen LogP contribution in [0, 0.1) is 12.7 Å². The van der Waals surface area contributed by atoms with Gasteiger partial charge in [0.2, 0.25) is 5.82 Å². The van der Waals surface area contributed by atoms with Gasteiger partial charge in [-0.05, 0) is 24.6 Å². The van der Waals surface area contributed by atoms with Crippen molar-refractivity contribution in [3.05, 3.63) is 76.6 Å². The SMILES string of the molecule is Cc1nc(C(=O)Nc2cccc(Cl)c2F)nn1Cc1ccccc1. The standard InChI is InChI=1S/C17H14ClFN4O/c1-11-20-16(22-23(11)10-12-6-3-2-4-7-12)17(24)21-14-9-5-8-13(18)15(14)19/h2-9H,10H2,1H3,(H,21,24). The Morgan fingerprint density at radius 2 is 1.96 bits per heavy atom.